The van der Waals surface area contributed by atoms with Crippen molar-refractivity contribution in [3.63, 3.8) is 0 Å². The zero-order valence-corrected chi connectivity index (χ0v) is 16.7. The monoisotopic (exact) mass is 418 g/mol. The lowest BCUT2D eigenvalue weighted by Crippen LogP contribution is -2.35. The molecule has 1 aliphatic heterocycles. The van der Waals surface area contributed by atoms with Crippen molar-refractivity contribution in [3.8, 4) is 11.4 Å². The van der Waals surface area contributed by atoms with Crippen LogP contribution in [0.15, 0.2) is 48.8 Å². The van der Waals surface area contributed by atoms with Crippen LogP contribution in [0.3, 0.4) is 0 Å². The molecule has 9 heteroatoms. The van der Waals surface area contributed by atoms with Gasteiger partial charge in [0.25, 0.3) is 5.91 Å². The molecule has 2 aromatic carbocycles. The first-order valence-corrected chi connectivity index (χ1v) is 10.2. The Labute approximate surface area is 176 Å². The quantitative estimate of drug-likeness (QED) is 0.550. The van der Waals surface area contributed by atoms with Gasteiger partial charge < -0.3 is 14.6 Å². The highest BCUT2D eigenvalue weighted by Gasteiger charge is 2.55. The summed E-state index contributed by atoms with van der Waals surface area (Å²) in [7, 11) is 1.61. The van der Waals surface area contributed by atoms with E-state index in [1.807, 2.05) is 18.2 Å². The number of nitrogens with one attached hydrogen (secondary N) is 1. The number of aromatic amines is 1. The van der Waals surface area contributed by atoms with E-state index < -0.39 is 5.82 Å². The van der Waals surface area contributed by atoms with E-state index in [2.05, 4.69) is 15.2 Å². The predicted octanol–water partition coefficient (Wildman–Crippen LogP) is 3.27. The fourth-order valence-corrected chi connectivity index (χ4v) is 4.64. The van der Waals surface area contributed by atoms with Crippen LogP contribution in [0.5, 0.6) is 5.75 Å². The molecule has 6 rings (SSSR count). The molecule has 1 N–H and O–H groups in total. The highest BCUT2D eigenvalue weighted by atomic mass is 19.1. The van der Waals surface area contributed by atoms with E-state index in [1.165, 1.54) is 23.3 Å². The number of imidazole rings is 1. The summed E-state index contributed by atoms with van der Waals surface area (Å²) in [5.41, 5.74) is 1.95. The summed E-state index contributed by atoms with van der Waals surface area (Å²) >= 11 is 0. The Morgan fingerprint density at radius 2 is 2.03 bits per heavy atom. The van der Waals surface area contributed by atoms with Crippen molar-refractivity contribution in [1.82, 2.24) is 29.9 Å². The van der Waals surface area contributed by atoms with Crippen molar-refractivity contribution >= 4 is 16.9 Å². The lowest BCUT2D eigenvalue weighted by Gasteiger charge is -2.27. The number of ether oxygens (including phenoxy) is 1. The Hall–Kier alpha value is -3.75. The maximum atomic E-state index is 14.9. The van der Waals surface area contributed by atoms with Gasteiger partial charge in [0.05, 0.1) is 36.6 Å². The average Bonchev–Trinajstić information content (AvgIpc) is 3.20. The second kappa shape index (κ2) is 6.63. The number of amides is 1. The van der Waals surface area contributed by atoms with E-state index in [4.69, 9.17) is 9.72 Å². The number of likely N-dealkylation sites (tertiary alicyclic amines) is 1. The topological polar surface area (TPSA) is 88.9 Å². The van der Waals surface area contributed by atoms with Crippen LogP contribution in [0.1, 0.15) is 35.1 Å². The summed E-state index contributed by atoms with van der Waals surface area (Å²) in [6.07, 6.45) is 4.73. The Balaban J connectivity index is 1.41. The van der Waals surface area contributed by atoms with Gasteiger partial charge in [-0.3, -0.25) is 4.79 Å². The van der Waals surface area contributed by atoms with Crippen LogP contribution in [0.25, 0.3) is 16.7 Å². The third-order valence-electron chi connectivity index (χ3n) is 6.20. The summed E-state index contributed by atoms with van der Waals surface area (Å²) in [4.78, 5) is 24.8. The molecule has 2 aromatic heterocycles. The zero-order chi connectivity index (χ0) is 21.1. The van der Waals surface area contributed by atoms with Gasteiger partial charge in [0.15, 0.2) is 0 Å². The highest BCUT2D eigenvalue weighted by Crippen LogP contribution is 2.53. The Morgan fingerprint density at radius 1 is 1.19 bits per heavy atom. The van der Waals surface area contributed by atoms with Crippen LogP contribution in [0.4, 0.5) is 4.39 Å². The van der Waals surface area contributed by atoms with Crippen molar-refractivity contribution < 1.29 is 13.9 Å². The first kappa shape index (κ1) is 18.1. The van der Waals surface area contributed by atoms with Crippen LogP contribution >= 0.6 is 0 Å². The predicted molar refractivity (Wildman–Crippen MR) is 109 cm³/mol. The molecule has 1 saturated heterocycles. The average molecular weight is 418 g/mol. The minimum Gasteiger partial charge on any atom is -0.497 e. The summed E-state index contributed by atoms with van der Waals surface area (Å²) in [6, 6.07) is 9.98. The standard InChI is InChI=1S/C22H19FN6O2/c1-31-13-5-6-15-16(11-13)27-21(26-15)19-10-12-9-18(12)28(19)22(30)20-14(23)3-2-4-17(20)29-24-7-8-25-29/h2-8,11-12,18-19H,9-10H2,1H3,(H,26,27). The molecule has 0 spiro atoms. The molecule has 0 bridgehead atoms. The molecular weight excluding hydrogens is 399 g/mol. The lowest BCUT2D eigenvalue weighted by molar-refractivity contribution is 0.0687. The molecule has 156 valence electrons. The largest absolute Gasteiger partial charge is 0.497 e. The van der Waals surface area contributed by atoms with Crippen molar-refractivity contribution in [2.24, 2.45) is 5.92 Å². The molecular formula is C22H19FN6O2. The molecule has 2 fully saturated rings. The summed E-state index contributed by atoms with van der Waals surface area (Å²) < 4.78 is 20.2. The zero-order valence-electron chi connectivity index (χ0n) is 16.7. The fourth-order valence-electron chi connectivity index (χ4n) is 4.64. The van der Waals surface area contributed by atoms with Gasteiger partial charge >= 0.3 is 0 Å². The van der Waals surface area contributed by atoms with Crippen molar-refractivity contribution in [1.29, 1.82) is 0 Å². The smallest absolute Gasteiger partial charge is 0.259 e. The minimum atomic E-state index is -0.586. The van der Waals surface area contributed by atoms with Crippen LogP contribution < -0.4 is 4.74 Å². The van der Waals surface area contributed by atoms with E-state index in [-0.39, 0.29) is 23.6 Å². The van der Waals surface area contributed by atoms with Gasteiger partial charge in [-0.1, -0.05) is 6.07 Å². The number of carbonyl (C=O) groups excluding carboxylic acids is 1. The van der Waals surface area contributed by atoms with Crippen molar-refractivity contribution in [2.45, 2.75) is 24.9 Å². The number of hydrogen-bond donors (Lipinski definition) is 1. The highest BCUT2D eigenvalue weighted by molar-refractivity contribution is 5.99. The number of hydrogen-bond acceptors (Lipinski definition) is 5. The molecule has 0 radical (unpaired) electrons. The number of nitrogens with zero attached hydrogens (tertiary/aromatic N) is 5. The summed E-state index contributed by atoms with van der Waals surface area (Å²) in [6.45, 7) is 0. The maximum Gasteiger partial charge on any atom is 0.259 e. The molecule has 3 heterocycles. The number of methoxy groups -OCH3 is 1. The van der Waals surface area contributed by atoms with E-state index in [0.29, 0.717) is 17.4 Å². The van der Waals surface area contributed by atoms with Gasteiger partial charge in [0, 0.05) is 12.1 Å². The molecule has 1 aliphatic carbocycles. The lowest BCUT2D eigenvalue weighted by atomic mass is 10.1. The molecule has 3 unspecified atom stereocenters. The number of benzene rings is 2. The van der Waals surface area contributed by atoms with Gasteiger partial charge in [-0.15, -0.1) is 0 Å². The third kappa shape index (κ3) is 2.80. The van der Waals surface area contributed by atoms with Gasteiger partial charge in [0.1, 0.15) is 28.6 Å². The number of halogens is 1. The third-order valence-corrected chi connectivity index (χ3v) is 6.20. The number of aromatic nitrogens is 5. The van der Waals surface area contributed by atoms with Crippen LogP contribution in [-0.4, -0.2) is 48.9 Å². The van der Waals surface area contributed by atoms with Gasteiger partial charge in [-0.05, 0) is 43.0 Å². The minimum absolute atomic E-state index is 0.0194. The fraction of sp³-hybridized carbons (Fsp3) is 0.273. The van der Waals surface area contributed by atoms with Gasteiger partial charge in [0.2, 0.25) is 0 Å². The van der Waals surface area contributed by atoms with E-state index in [0.717, 1.165) is 29.6 Å². The van der Waals surface area contributed by atoms with E-state index in [9.17, 15) is 9.18 Å². The summed E-state index contributed by atoms with van der Waals surface area (Å²) in [5.74, 6) is 0.888. The molecule has 4 aromatic rings. The molecule has 3 atom stereocenters. The van der Waals surface area contributed by atoms with E-state index >= 15 is 0 Å². The number of carbonyl (C=O) groups is 1. The molecule has 2 aliphatic rings. The number of piperidine rings is 1. The van der Waals surface area contributed by atoms with Crippen LogP contribution in [0.2, 0.25) is 0 Å². The van der Waals surface area contributed by atoms with E-state index in [1.54, 1.807) is 24.1 Å². The van der Waals surface area contributed by atoms with Gasteiger partial charge in [-0.25, -0.2) is 9.37 Å². The number of H-pyrrole nitrogens is 1. The maximum absolute atomic E-state index is 14.9. The normalized spacial score (nSPS) is 22.0. The SMILES string of the molecule is COc1ccc2[nH]c(C3CC4CC4N3C(=O)c3c(F)cccc3-n3nccn3)nc2c1. The first-order chi connectivity index (χ1) is 15.1. The second-order valence-corrected chi connectivity index (χ2v) is 7.98. The Bertz CT molecular complexity index is 1300. The van der Waals surface area contributed by atoms with Gasteiger partial charge in [-0.2, -0.15) is 15.0 Å². The molecule has 8 nitrogen and oxygen atoms in total. The van der Waals surface area contributed by atoms with Crippen LogP contribution in [0, 0.1) is 11.7 Å². The molecule has 1 saturated carbocycles. The summed E-state index contributed by atoms with van der Waals surface area (Å²) in [5, 5.41) is 8.17. The number of fused-ring (bicyclic) bond motifs is 2. The van der Waals surface area contributed by atoms with Crippen molar-refractivity contribution in [2.75, 3.05) is 7.11 Å². The second-order valence-electron chi connectivity index (χ2n) is 7.98. The first-order valence-electron chi connectivity index (χ1n) is 10.2. The number of rotatable bonds is 4. The van der Waals surface area contributed by atoms with Crippen molar-refractivity contribution in [3.05, 3.63) is 66.0 Å². The Kier molecular flexibility index (Phi) is 3.86. The molecule has 31 heavy (non-hydrogen) atoms. The van der Waals surface area contributed by atoms with Crippen LogP contribution in [-0.2, 0) is 0 Å². The molecule has 1 amide bonds. The Morgan fingerprint density at radius 3 is 2.84 bits per heavy atom.